The summed E-state index contributed by atoms with van der Waals surface area (Å²) in [6.07, 6.45) is -6.71. The second kappa shape index (κ2) is 7.47. The SMILES string of the molecule is OC[C@H]1O[C@@](Cc2ccccc2)(n2cnc3c(NC(F)(F)F)ncnc32)[C@H](O)[C@@H]1O. The van der Waals surface area contributed by atoms with Gasteiger partial charge >= 0.3 is 6.30 Å². The summed E-state index contributed by atoms with van der Waals surface area (Å²) in [4.78, 5) is 11.6. The molecule has 3 aromatic rings. The van der Waals surface area contributed by atoms with Crippen LogP contribution in [-0.4, -0.2) is 66.1 Å². The number of aliphatic hydroxyl groups is 3. The summed E-state index contributed by atoms with van der Waals surface area (Å²) in [5.41, 5.74) is -1.20. The van der Waals surface area contributed by atoms with Crippen LogP contribution in [0.25, 0.3) is 11.2 Å². The molecule has 1 aromatic carbocycles. The lowest BCUT2D eigenvalue weighted by Crippen LogP contribution is -2.47. The molecule has 2 aromatic heterocycles. The normalized spacial score (nSPS) is 26.9. The van der Waals surface area contributed by atoms with E-state index in [1.165, 1.54) is 16.2 Å². The molecule has 30 heavy (non-hydrogen) atoms. The van der Waals surface area contributed by atoms with E-state index in [2.05, 4.69) is 15.0 Å². The van der Waals surface area contributed by atoms with Crippen LogP contribution < -0.4 is 5.32 Å². The number of benzene rings is 1. The first kappa shape index (κ1) is 20.5. The third-order valence-electron chi connectivity index (χ3n) is 5.00. The number of imidazole rings is 1. The largest absolute Gasteiger partial charge is 0.483 e. The molecule has 3 heterocycles. The van der Waals surface area contributed by atoms with Gasteiger partial charge in [-0.2, -0.15) is 13.2 Å². The second-order valence-electron chi connectivity index (χ2n) is 6.91. The zero-order valence-electron chi connectivity index (χ0n) is 15.4. The molecule has 0 spiro atoms. The Hall–Kier alpha value is -2.80. The number of halogens is 3. The molecule has 1 saturated heterocycles. The van der Waals surface area contributed by atoms with Crippen LogP contribution in [0.5, 0.6) is 0 Å². The summed E-state index contributed by atoms with van der Waals surface area (Å²) >= 11 is 0. The first-order valence-electron chi connectivity index (χ1n) is 8.97. The number of nitrogens with one attached hydrogen (secondary N) is 1. The lowest BCUT2D eigenvalue weighted by Gasteiger charge is -2.34. The highest BCUT2D eigenvalue weighted by Crippen LogP contribution is 2.40. The van der Waals surface area contributed by atoms with Gasteiger partial charge in [0.15, 0.2) is 22.7 Å². The van der Waals surface area contributed by atoms with Crippen molar-refractivity contribution in [2.45, 2.75) is 36.8 Å². The molecule has 4 N–H and O–H groups in total. The molecule has 1 fully saturated rings. The quantitative estimate of drug-likeness (QED) is 0.442. The van der Waals surface area contributed by atoms with E-state index in [0.717, 1.165) is 6.33 Å². The van der Waals surface area contributed by atoms with E-state index < -0.39 is 42.8 Å². The molecular formula is C18H18F3N5O4. The number of hydrogen-bond donors (Lipinski definition) is 4. The van der Waals surface area contributed by atoms with Gasteiger partial charge in [0.25, 0.3) is 0 Å². The van der Waals surface area contributed by atoms with Crippen LogP contribution >= 0.6 is 0 Å². The van der Waals surface area contributed by atoms with Crippen molar-refractivity contribution >= 4 is 17.0 Å². The van der Waals surface area contributed by atoms with Gasteiger partial charge in [-0.15, -0.1) is 0 Å². The van der Waals surface area contributed by atoms with Crippen molar-refractivity contribution in [2.24, 2.45) is 0 Å². The molecule has 0 aliphatic carbocycles. The number of aliphatic hydroxyl groups excluding tert-OH is 3. The summed E-state index contributed by atoms with van der Waals surface area (Å²) in [7, 11) is 0. The smallest absolute Gasteiger partial charge is 0.394 e. The predicted octanol–water partition coefficient (Wildman–Crippen LogP) is 0.766. The Labute approximate surface area is 167 Å². The second-order valence-corrected chi connectivity index (χ2v) is 6.91. The lowest BCUT2D eigenvalue weighted by molar-refractivity contribution is -0.145. The van der Waals surface area contributed by atoms with E-state index in [9.17, 15) is 28.5 Å². The summed E-state index contributed by atoms with van der Waals surface area (Å²) in [5, 5.41) is 32.1. The Morgan fingerprint density at radius 3 is 2.50 bits per heavy atom. The molecule has 160 valence electrons. The third-order valence-corrected chi connectivity index (χ3v) is 5.00. The van der Waals surface area contributed by atoms with Crippen molar-refractivity contribution in [1.29, 1.82) is 0 Å². The number of hydrogen-bond acceptors (Lipinski definition) is 8. The topological polar surface area (TPSA) is 126 Å². The Balaban J connectivity index is 1.86. The van der Waals surface area contributed by atoms with Crippen LogP contribution in [0.4, 0.5) is 19.0 Å². The fourth-order valence-corrected chi connectivity index (χ4v) is 3.67. The van der Waals surface area contributed by atoms with E-state index in [0.29, 0.717) is 5.56 Å². The van der Waals surface area contributed by atoms with Crippen LogP contribution in [0.15, 0.2) is 43.0 Å². The van der Waals surface area contributed by atoms with E-state index >= 15 is 0 Å². The molecule has 9 nitrogen and oxygen atoms in total. The minimum absolute atomic E-state index is 0.0278. The maximum Gasteiger partial charge on any atom is 0.483 e. The summed E-state index contributed by atoms with van der Waals surface area (Å²) in [6, 6.07) is 8.86. The molecular weight excluding hydrogens is 407 g/mol. The summed E-state index contributed by atoms with van der Waals surface area (Å²) < 4.78 is 45.6. The lowest BCUT2D eigenvalue weighted by atomic mass is 9.95. The minimum Gasteiger partial charge on any atom is -0.394 e. The molecule has 1 aliphatic rings. The monoisotopic (exact) mass is 425 g/mol. The highest BCUT2D eigenvalue weighted by molar-refractivity contribution is 5.83. The van der Waals surface area contributed by atoms with Gasteiger partial charge in [0.05, 0.1) is 12.9 Å². The minimum atomic E-state index is -4.74. The standard InChI is InChI=1S/C18H18F3N5O4/c19-18(20,21)25-15-12-16(23-8-22-15)26(9-24-12)17(6-10-4-2-1-3-5-10)14(29)13(28)11(7-27)30-17/h1-5,8-9,11,13-14,27-29H,6-7H2,(H,22,23,25)/t11-,13-,14-,17-/m1/s1. The Morgan fingerprint density at radius 2 is 1.87 bits per heavy atom. The highest BCUT2D eigenvalue weighted by atomic mass is 19.4. The van der Waals surface area contributed by atoms with Gasteiger partial charge in [-0.05, 0) is 5.56 Å². The van der Waals surface area contributed by atoms with Crippen molar-refractivity contribution in [2.75, 3.05) is 11.9 Å². The molecule has 4 rings (SSSR count). The van der Waals surface area contributed by atoms with Gasteiger partial charge in [-0.1, -0.05) is 30.3 Å². The maximum atomic E-state index is 12.8. The number of alkyl halides is 3. The average Bonchev–Trinajstić information content (AvgIpc) is 3.24. The van der Waals surface area contributed by atoms with Crippen LogP contribution in [0.2, 0.25) is 0 Å². The highest BCUT2D eigenvalue weighted by Gasteiger charge is 2.56. The van der Waals surface area contributed by atoms with E-state index in [-0.39, 0.29) is 17.6 Å². The maximum absolute atomic E-state index is 12.8. The van der Waals surface area contributed by atoms with Crippen molar-refractivity contribution in [3.63, 3.8) is 0 Å². The van der Waals surface area contributed by atoms with Gasteiger partial charge in [0, 0.05) is 6.42 Å². The molecule has 0 radical (unpaired) electrons. The van der Waals surface area contributed by atoms with Gasteiger partial charge in [-0.25, -0.2) is 15.0 Å². The molecule has 4 atom stereocenters. The van der Waals surface area contributed by atoms with Crippen molar-refractivity contribution in [3.05, 3.63) is 48.5 Å². The number of nitrogens with zero attached hydrogens (tertiary/aromatic N) is 4. The number of aromatic nitrogens is 4. The molecule has 12 heteroatoms. The number of fused-ring (bicyclic) bond motifs is 1. The van der Waals surface area contributed by atoms with Crippen LogP contribution in [0, 0.1) is 0 Å². The first-order chi connectivity index (χ1) is 14.2. The molecule has 1 aliphatic heterocycles. The van der Waals surface area contributed by atoms with Gasteiger partial charge in [0.1, 0.15) is 24.6 Å². The van der Waals surface area contributed by atoms with Crippen LogP contribution in [0.1, 0.15) is 5.56 Å². The van der Waals surface area contributed by atoms with Crippen LogP contribution in [-0.2, 0) is 16.9 Å². The number of anilines is 1. The summed E-state index contributed by atoms with van der Waals surface area (Å²) in [5.74, 6) is -0.562. The molecule has 0 amide bonds. The van der Waals surface area contributed by atoms with Crippen molar-refractivity contribution < 1.29 is 33.2 Å². The average molecular weight is 425 g/mol. The number of ether oxygens (including phenoxy) is 1. The van der Waals surface area contributed by atoms with Gasteiger partial charge in [-0.3, -0.25) is 9.88 Å². The van der Waals surface area contributed by atoms with Crippen molar-refractivity contribution in [1.82, 2.24) is 19.5 Å². The van der Waals surface area contributed by atoms with Crippen molar-refractivity contribution in [3.8, 4) is 0 Å². The fraction of sp³-hybridized carbons (Fsp3) is 0.389. The third kappa shape index (κ3) is 3.47. The molecule has 0 bridgehead atoms. The van der Waals surface area contributed by atoms with E-state index in [1.54, 1.807) is 30.3 Å². The Bertz CT molecular complexity index is 1030. The predicted molar refractivity (Wildman–Crippen MR) is 97.1 cm³/mol. The first-order valence-corrected chi connectivity index (χ1v) is 8.97. The fourth-order valence-electron chi connectivity index (χ4n) is 3.67. The van der Waals surface area contributed by atoms with E-state index in [4.69, 9.17) is 4.74 Å². The zero-order chi connectivity index (χ0) is 21.5. The van der Waals surface area contributed by atoms with E-state index in [1.807, 2.05) is 0 Å². The Morgan fingerprint density at radius 1 is 1.13 bits per heavy atom. The zero-order valence-corrected chi connectivity index (χ0v) is 15.4. The van der Waals surface area contributed by atoms with Gasteiger partial charge < -0.3 is 20.1 Å². The molecule has 0 saturated carbocycles. The van der Waals surface area contributed by atoms with Crippen LogP contribution in [0.3, 0.4) is 0 Å². The number of rotatable bonds is 5. The Kier molecular flexibility index (Phi) is 5.10. The molecule has 0 unspecified atom stereocenters. The van der Waals surface area contributed by atoms with Gasteiger partial charge in [0.2, 0.25) is 0 Å². The summed E-state index contributed by atoms with van der Waals surface area (Å²) in [6.45, 7) is -0.572.